The van der Waals surface area contributed by atoms with Gasteiger partial charge in [-0.25, -0.2) is 4.39 Å². The van der Waals surface area contributed by atoms with Gasteiger partial charge in [0.15, 0.2) is 0 Å². The number of halogens is 1. The van der Waals surface area contributed by atoms with E-state index in [1.165, 1.54) is 6.07 Å². The summed E-state index contributed by atoms with van der Waals surface area (Å²) in [5.74, 6) is 0.460. The van der Waals surface area contributed by atoms with Crippen LogP contribution in [0.3, 0.4) is 0 Å². The maximum absolute atomic E-state index is 13.2. The lowest BCUT2D eigenvalue weighted by Gasteiger charge is -2.12. The van der Waals surface area contributed by atoms with Gasteiger partial charge in [-0.1, -0.05) is 6.58 Å². The zero-order valence-corrected chi connectivity index (χ0v) is 8.89. The van der Waals surface area contributed by atoms with E-state index in [-0.39, 0.29) is 11.6 Å². The summed E-state index contributed by atoms with van der Waals surface area (Å²) in [6.45, 7) is 5.38. The van der Waals surface area contributed by atoms with Crippen molar-refractivity contribution in [3.05, 3.63) is 47.0 Å². The smallest absolute Gasteiger partial charge is 0.123 e. The Hall–Kier alpha value is -1.31. The van der Waals surface area contributed by atoms with Crippen molar-refractivity contribution >= 4 is 0 Å². The molecular weight excluding hydrogens is 191 g/mol. The topological polar surface area (TPSA) is 20.2 Å². The van der Waals surface area contributed by atoms with Gasteiger partial charge in [0, 0.05) is 6.42 Å². The number of hydrogen-bond donors (Lipinski definition) is 1. The average molecular weight is 206 g/mol. The summed E-state index contributed by atoms with van der Waals surface area (Å²) in [6.07, 6.45) is 2.71. The predicted molar refractivity (Wildman–Crippen MR) is 58.6 cm³/mol. The van der Waals surface area contributed by atoms with E-state index < -0.39 is 0 Å². The van der Waals surface area contributed by atoms with Crippen LogP contribution in [0.15, 0.2) is 24.5 Å². The first kappa shape index (κ1) is 10.2. The van der Waals surface area contributed by atoms with Crippen LogP contribution in [0.4, 0.5) is 4.39 Å². The van der Waals surface area contributed by atoms with Gasteiger partial charge in [0.1, 0.15) is 5.82 Å². The molecule has 0 aliphatic heterocycles. The largest absolute Gasteiger partial charge is 0.513 e. The molecule has 0 radical (unpaired) electrons. The Kier molecular flexibility index (Phi) is 2.51. The summed E-state index contributed by atoms with van der Waals surface area (Å²) in [5.41, 5.74) is 3.02. The van der Waals surface area contributed by atoms with Gasteiger partial charge in [-0.05, 0) is 54.5 Å². The number of benzene rings is 1. The zero-order chi connectivity index (χ0) is 11.0. The van der Waals surface area contributed by atoms with Gasteiger partial charge < -0.3 is 5.11 Å². The van der Waals surface area contributed by atoms with E-state index in [4.69, 9.17) is 0 Å². The molecular formula is C13H15FO. The first-order chi connectivity index (χ1) is 7.08. The van der Waals surface area contributed by atoms with Crippen molar-refractivity contribution in [2.45, 2.75) is 32.1 Å². The summed E-state index contributed by atoms with van der Waals surface area (Å²) in [4.78, 5) is 0. The molecule has 0 bridgehead atoms. The van der Waals surface area contributed by atoms with E-state index in [1.54, 1.807) is 6.07 Å². The van der Waals surface area contributed by atoms with Gasteiger partial charge in [-0.15, -0.1) is 0 Å². The minimum atomic E-state index is -0.179. The lowest BCUT2D eigenvalue weighted by Crippen LogP contribution is -1.99. The fourth-order valence-electron chi connectivity index (χ4n) is 2.00. The number of aliphatic hydroxyl groups is 1. The van der Waals surface area contributed by atoms with Crippen molar-refractivity contribution in [3.63, 3.8) is 0 Å². The second-order valence-electron chi connectivity index (χ2n) is 4.31. The van der Waals surface area contributed by atoms with Crippen molar-refractivity contribution in [3.8, 4) is 0 Å². The van der Waals surface area contributed by atoms with Gasteiger partial charge >= 0.3 is 0 Å². The molecule has 2 rings (SSSR count). The first-order valence-electron chi connectivity index (χ1n) is 5.23. The van der Waals surface area contributed by atoms with Gasteiger partial charge in [-0.2, -0.15) is 0 Å². The highest BCUT2D eigenvalue weighted by Crippen LogP contribution is 2.43. The van der Waals surface area contributed by atoms with Crippen LogP contribution in [-0.2, 0) is 6.42 Å². The molecule has 0 atom stereocenters. The Labute approximate surface area is 89.3 Å². The number of hydrogen-bond acceptors (Lipinski definition) is 1. The molecule has 1 aliphatic carbocycles. The molecule has 80 valence electrons. The normalized spacial score (nSPS) is 15.3. The fraction of sp³-hybridized carbons (Fsp3) is 0.385. The third kappa shape index (κ3) is 2.20. The summed E-state index contributed by atoms with van der Waals surface area (Å²) < 4.78 is 13.2. The van der Waals surface area contributed by atoms with Gasteiger partial charge in [-0.3, -0.25) is 0 Å². The molecule has 1 aliphatic rings. The quantitative estimate of drug-likeness (QED) is 0.749. The second-order valence-corrected chi connectivity index (χ2v) is 4.31. The number of rotatable bonds is 3. The molecule has 1 fully saturated rings. The van der Waals surface area contributed by atoms with Crippen LogP contribution < -0.4 is 0 Å². The summed E-state index contributed by atoms with van der Waals surface area (Å²) in [7, 11) is 0. The van der Waals surface area contributed by atoms with Gasteiger partial charge in [0.25, 0.3) is 0 Å². The SMILES string of the molecule is C=C(O)Cc1c(C)cc(F)cc1C1CC1. The number of aliphatic hydroxyl groups excluding tert-OH is 1. The lowest BCUT2D eigenvalue weighted by molar-refractivity contribution is 0.401. The van der Waals surface area contributed by atoms with Crippen LogP contribution in [0.1, 0.15) is 35.4 Å². The summed E-state index contributed by atoms with van der Waals surface area (Å²) in [5, 5.41) is 9.24. The first-order valence-corrected chi connectivity index (χ1v) is 5.23. The van der Waals surface area contributed by atoms with Gasteiger partial charge in [0.05, 0.1) is 5.76 Å². The predicted octanol–water partition coefficient (Wildman–Crippen LogP) is 3.63. The maximum atomic E-state index is 13.2. The van der Waals surface area contributed by atoms with Crippen LogP contribution >= 0.6 is 0 Å². The standard InChI is InChI=1S/C13H15FO/c1-8-5-11(14)7-13(10-3-4-10)12(8)6-9(2)15/h5,7,10,15H,2-4,6H2,1H3. The summed E-state index contributed by atoms with van der Waals surface area (Å²) >= 11 is 0. The number of allylic oxidation sites excluding steroid dienone is 1. The fourth-order valence-corrected chi connectivity index (χ4v) is 2.00. The monoisotopic (exact) mass is 206 g/mol. The molecule has 15 heavy (non-hydrogen) atoms. The summed E-state index contributed by atoms with van der Waals surface area (Å²) in [6, 6.07) is 3.12. The molecule has 1 nitrogen and oxygen atoms in total. The Balaban J connectivity index is 2.43. The second kappa shape index (κ2) is 3.69. The Morgan fingerprint density at radius 3 is 2.73 bits per heavy atom. The van der Waals surface area contributed by atoms with Crippen molar-refractivity contribution in [1.29, 1.82) is 0 Å². The van der Waals surface area contributed by atoms with Crippen LogP contribution in [0.5, 0.6) is 0 Å². The Morgan fingerprint density at radius 1 is 1.53 bits per heavy atom. The molecule has 1 saturated carbocycles. The van der Waals surface area contributed by atoms with Crippen molar-refractivity contribution in [1.82, 2.24) is 0 Å². The van der Waals surface area contributed by atoms with E-state index >= 15 is 0 Å². The maximum Gasteiger partial charge on any atom is 0.123 e. The minimum absolute atomic E-state index is 0.145. The molecule has 0 unspecified atom stereocenters. The van der Waals surface area contributed by atoms with Crippen molar-refractivity contribution in [2.75, 3.05) is 0 Å². The van der Waals surface area contributed by atoms with E-state index in [2.05, 4.69) is 6.58 Å². The highest BCUT2D eigenvalue weighted by atomic mass is 19.1. The third-order valence-electron chi connectivity index (χ3n) is 2.87. The van der Waals surface area contributed by atoms with Gasteiger partial charge in [0.2, 0.25) is 0 Å². The average Bonchev–Trinajstić information content (AvgIpc) is 2.91. The highest BCUT2D eigenvalue weighted by Gasteiger charge is 2.27. The molecule has 1 aromatic carbocycles. The van der Waals surface area contributed by atoms with Crippen LogP contribution in [0.2, 0.25) is 0 Å². The molecule has 1 aromatic rings. The van der Waals surface area contributed by atoms with Crippen LogP contribution in [0, 0.1) is 12.7 Å². The molecule has 0 spiro atoms. The van der Waals surface area contributed by atoms with Crippen molar-refractivity contribution in [2.24, 2.45) is 0 Å². The van der Waals surface area contributed by atoms with Crippen LogP contribution in [0.25, 0.3) is 0 Å². The molecule has 0 amide bonds. The van der Waals surface area contributed by atoms with E-state index in [0.29, 0.717) is 12.3 Å². The molecule has 2 heteroatoms. The molecule has 0 saturated heterocycles. The van der Waals surface area contributed by atoms with E-state index in [1.807, 2.05) is 6.92 Å². The zero-order valence-electron chi connectivity index (χ0n) is 8.89. The Bertz CT molecular complexity index is 405. The third-order valence-corrected chi connectivity index (χ3v) is 2.87. The molecule has 1 N–H and O–H groups in total. The minimum Gasteiger partial charge on any atom is -0.513 e. The highest BCUT2D eigenvalue weighted by molar-refractivity contribution is 5.41. The van der Waals surface area contributed by atoms with E-state index in [9.17, 15) is 9.50 Å². The van der Waals surface area contributed by atoms with Crippen molar-refractivity contribution < 1.29 is 9.50 Å². The number of aryl methyl sites for hydroxylation is 1. The molecule has 0 aromatic heterocycles. The van der Waals surface area contributed by atoms with Crippen LogP contribution in [-0.4, -0.2) is 5.11 Å². The lowest BCUT2D eigenvalue weighted by atomic mass is 9.95. The molecule has 0 heterocycles. The Morgan fingerprint density at radius 2 is 2.20 bits per heavy atom. The van der Waals surface area contributed by atoms with E-state index in [0.717, 1.165) is 29.5 Å².